The third kappa shape index (κ3) is 6.35. The van der Waals surface area contributed by atoms with Crippen molar-refractivity contribution < 1.29 is 74.5 Å². The first-order valence-corrected chi connectivity index (χ1v) is 11.2. The number of rotatable bonds is 10. The molecule has 0 aliphatic rings. The zero-order chi connectivity index (χ0) is 28.6. The van der Waals surface area contributed by atoms with Crippen LogP contribution < -0.4 is 8.91 Å². The lowest BCUT2D eigenvalue weighted by atomic mass is 9.93. The van der Waals surface area contributed by atoms with E-state index < -0.39 is 81.0 Å². The maximum Gasteiger partial charge on any atom is 0.460 e. The summed E-state index contributed by atoms with van der Waals surface area (Å²) >= 11 is 4.90. The third-order valence-corrected chi connectivity index (χ3v) is 5.88. The van der Waals surface area contributed by atoms with Gasteiger partial charge in [-0.2, -0.15) is 65.5 Å². The average molecular weight is 614 g/mol. The second-order valence-corrected chi connectivity index (χ2v) is 9.26. The van der Waals surface area contributed by atoms with Crippen LogP contribution in [-0.2, 0) is 10.3 Å². The summed E-state index contributed by atoms with van der Waals surface area (Å²) in [5.41, 5.74) is 0. The number of amides is 1. The van der Waals surface area contributed by atoms with Gasteiger partial charge < -0.3 is 4.18 Å². The minimum Gasteiger partial charge on any atom is -0.367 e. The minimum atomic E-state index is -8.04. The molecule has 36 heavy (non-hydrogen) atoms. The second kappa shape index (κ2) is 10.1. The lowest BCUT2D eigenvalue weighted by Gasteiger charge is -2.39. The summed E-state index contributed by atoms with van der Waals surface area (Å²) in [6.07, 6.45) is -10.2. The van der Waals surface area contributed by atoms with Gasteiger partial charge in [0.2, 0.25) is 0 Å². The molecule has 0 spiro atoms. The number of carbonyl (C=O) groups is 1. The van der Waals surface area contributed by atoms with Crippen molar-refractivity contribution >= 4 is 38.9 Å². The Labute approximate surface area is 201 Å². The van der Waals surface area contributed by atoms with Crippen LogP contribution in [0.5, 0.6) is 5.75 Å². The zero-order valence-corrected chi connectivity index (χ0v) is 18.9. The molecule has 1 amide bonds. The molecule has 0 radical (unpaired) electrons. The normalized spacial score (nSPS) is 14.5. The number of benzene rings is 1. The summed E-state index contributed by atoms with van der Waals surface area (Å²) in [5.74, 6) is -39.9. The van der Waals surface area contributed by atoms with Gasteiger partial charge >= 0.3 is 46.1 Å². The number of carbonyl (C=O) groups excluding carboxylic acids is 1. The molecule has 0 saturated heterocycles. The Morgan fingerprint density at radius 1 is 0.806 bits per heavy atom. The maximum atomic E-state index is 13.6. The number of nitrogens with one attached hydrogen (secondary N) is 1. The van der Waals surface area contributed by atoms with E-state index in [-0.39, 0.29) is 5.02 Å². The van der Waals surface area contributed by atoms with Crippen molar-refractivity contribution in [3.8, 4) is 5.75 Å². The molecule has 0 aliphatic heterocycles. The molecule has 0 unspecified atom stereocenters. The quantitative estimate of drug-likeness (QED) is 0.304. The number of thioether (sulfide) groups is 1. The first-order valence-electron chi connectivity index (χ1n) is 8.43. The molecule has 0 heterocycles. The molecule has 208 valence electrons. The van der Waals surface area contributed by atoms with E-state index in [0.717, 1.165) is 29.0 Å². The molecular formula is C15H9ClF13NO4S2. The molecule has 1 aromatic carbocycles. The molecule has 21 heteroatoms. The Morgan fingerprint density at radius 3 is 1.69 bits per heavy atom. The van der Waals surface area contributed by atoms with Gasteiger partial charge in [-0.3, -0.25) is 4.79 Å². The number of alkyl halides is 13. The number of hydrogen-bond donors (Lipinski definition) is 1. The third-order valence-electron chi connectivity index (χ3n) is 3.88. The van der Waals surface area contributed by atoms with Crippen LogP contribution in [-0.4, -0.2) is 55.2 Å². The highest BCUT2D eigenvalue weighted by molar-refractivity contribution is 8.14. The van der Waals surface area contributed by atoms with Crippen LogP contribution >= 0.6 is 23.4 Å². The van der Waals surface area contributed by atoms with Crippen molar-refractivity contribution in [3.05, 3.63) is 29.3 Å². The summed E-state index contributed by atoms with van der Waals surface area (Å²) in [4.78, 5) is 11.5. The number of halogens is 14. The molecule has 1 N–H and O–H groups in total. The second-order valence-electron chi connectivity index (χ2n) is 6.48. The molecule has 5 nitrogen and oxygen atoms in total. The Kier molecular flexibility index (Phi) is 9.07. The maximum absolute atomic E-state index is 13.6. The molecule has 0 atom stereocenters. The fourth-order valence-corrected chi connectivity index (χ4v) is 3.82. The van der Waals surface area contributed by atoms with E-state index >= 15 is 0 Å². The van der Waals surface area contributed by atoms with Gasteiger partial charge in [0, 0.05) is 17.2 Å². The van der Waals surface area contributed by atoms with Crippen LogP contribution in [0.3, 0.4) is 0 Å². The number of hydrogen-bond acceptors (Lipinski definition) is 5. The van der Waals surface area contributed by atoms with Crippen molar-refractivity contribution in [3.63, 3.8) is 0 Å². The van der Waals surface area contributed by atoms with E-state index in [1.807, 2.05) is 0 Å². The molecule has 0 bridgehead atoms. The fraction of sp³-hybridized carbons (Fsp3) is 0.533. The summed E-state index contributed by atoms with van der Waals surface area (Å²) in [6, 6.07) is 4.24. The molecule has 0 fully saturated rings. The van der Waals surface area contributed by atoms with Gasteiger partial charge in [-0.15, -0.1) is 0 Å². The highest BCUT2D eigenvalue weighted by atomic mass is 35.5. The van der Waals surface area contributed by atoms with Gasteiger partial charge in [0.15, 0.2) is 0 Å². The lowest BCUT2D eigenvalue weighted by molar-refractivity contribution is -0.439. The highest BCUT2D eigenvalue weighted by Gasteiger charge is 2.90. The van der Waals surface area contributed by atoms with E-state index in [1.54, 1.807) is 0 Å². The summed E-state index contributed by atoms with van der Waals surface area (Å²) in [5, 5.41) is -1.72. The molecule has 0 aliphatic carbocycles. The Hall–Kier alpha value is -1.83. The standard InChI is InChI=1S/C15H9ClF13NO4S2/c16-7-1-3-8(4-2-7)34-36(32,33)30-9(31)35-6-5-10(17,18)11(19,20)12(21,22)13(23,24)14(25,26)15(27,28)29/h1-4H,5-6H2,(H,30,31). The Bertz CT molecular complexity index is 1050. The average Bonchev–Trinajstić information content (AvgIpc) is 2.67. The van der Waals surface area contributed by atoms with Crippen molar-refractivity contribution in [2.24, 2.45) is 0 Å². The summed E-state index contributed by atoms with van der Waals surface area (Å²) in [7, 11) is -5.02. The Morgan fingerprint density at radius 2 is 1.25 bits per heavy atom. The van der Waals surface area contributed by atoms with Crippen LogP contribution in [0.25, 0.3) is 0 Å². The molecule has 1 aromatic rings. The van der Waals surface area contributed by atoms with Gasteiger partial charge in [0.25, 0.3) is 5.24 Å². The van der Waals surface area contributed by atoms with Crippen molar-refractivity contribution in [2.75, 3.05) is 5.75 Å². The molecule has 1 rings (SSSR count). The van der Waals surface area contributed by atoms with E-state index in [9.17, 15) is 70.3 Å². The van der Waals surface area contributed by atoms with Gasteiger partial charge in [-0.05, 0) is 24.3 Å². The summed E-state index contributed by atoms with van der Waals surface area (Å²) < 4.78 is 198. The highest BCUT2D eigenvalue weighted by Crippen LogP contribution is 2.60. The molecule has 0 saturated carbocycles. The van der Waals surface area contributed by atoms with E-state index in [0.29, 0.717) is 0 Å². The first-order chi connectivity index (χ1) is 15.8. The van der Waals surface area contributed by atoms with E-state index in [1.165, 1.54) is 0 Å². The largest absolute Gasteiger partial charge is 0.460 e. The van der Waals surface area contributed by atoms with E-state index in [4.69, 9.17) is 11.6 Å². The van der Waals surface area contributed by atoms with Crippen LogP contribution in [0, 0.1) is 0 Å². The van der Waals surface area contributed by atoms with Crippen LogP contribution in [0.4, 0.5) is 61.9 Å². The minimum absolute atomic E-state index is 0.127. The SMILES string of the molecule is O=C(NS(=O)(=O)Oc1ccc(Cl)cc1)SCCC(F)(F)C(F)(F)C(F)(F)C(F)(F)C(F)(F)C(F)(F)F. The fourth-order valence-electron chi connectivity index (χ4n) is 2.00. The predicted molar refractivity (Wildman–Crippen MR) is 97.4 cm³/mol. The predicted octanol–water partition coefficient (Wildman–Crippen LogP) is 6.54. The van der Waals surface area contributed by atoms with Gasteiger partial charge in [-0.1, -0.05) is 23.4 Å². The topological polar surface area (TPSA) is 72.5 Å². The van der Waals surface area contributed by atoms with Crippen molar-refractivity contribution in [2.45, 2.75) is 42.2 Å². The molecule has 0 aromatic heterocycles. The zero-order valence-electron chi connectivity index (χ0n) is 16.5. The van der Waals surface area contributed by atoms with Crippen LogP contribution in [0.1, 0.15) is 6.42 Å². The van der Waals surface area contributed by atoms with Gasteiger partial charge in [-0.25, -0.2) is 4.72 Å². The Balaban J connectivity index is 2.92. The van der Waals surface area contributed by atoms with Crippen molar-refractivity contribution in [1.82, 2.24) is 4.72 Å². The van der Waals surface area contributed by atoms with E-state index in [2.05, 4.69) is 4.18 Å². The smallest absolute Gasteiger partial charge is 0.367 e. The monoisotopic (exact) mass is 613 g/mol. The van der Waals surface area contributed by atoms with Crippen LogP contribution in [0.15, 0.2) is 24.3 Å². The van der Waals surface area contributed by atoms with Crippen molar-refractivity contribution in [1.29, 1.82) is 0 Å². The molecular weight excluding hydrogens is 605 g/mol. The lowest BCUT2D eigenvalue weighted by Crippen LogP contribution is -2.70. The van der Waals surface area contributed by atoms with Crippen LogP contribution in [0.2, 0.25) is 5.02 Å². The first kappa shape index (κ1) is 32.2. The van der Waals surface area contributed by atoms with Gasteiger partial charge in [0.05, 0.1) is 0 Å². The summed E-state index contributed by atoms with van der Waals surface area (Å²) in [6.45, 7) is 0. The van der Waals surface area contributed by atoms with Gasteiger partial charge in [0.1, 0.15) is 5.75 Å².